The Labute approximate surface area is 140 Å². The number of aliphatic imine (C=N–C) groups is 1. The summed E-state index contributed by atoms with van der Waals surface area (Å²) in [7, 11) is 0. The molecule has 2 aromatic carbocycles. The van der Waals surface area contributed by atoms with Gasteiger partial charge in [-0.1, -0.05) is 48.5 Å². The van der Waals surface area contributed by atoms with Gasteiger partial charge in [-0.15, -0.1) is 11.3 Å². The van der Waals surface area contributed by atoms with E-state index in [4.69, 9.17) is 5.73 Å². The topological polar surface area (TPSA) is 50.4 Å². The molecule has 3 nitrogen and oxygen atoms in total. The molecule has 3 aromatic rings. The van der Waals surface area contributed by atoms with Crippen LogP contribution in [0.5, 0.6) is 0 Å². The molecule has 0 fully saturated rings. The van der Waals surface area contributed by atoms with E-state index in [1.54, 1.807) is 11.3 Å². The maximum Gasteiger partial charge on any atom is 0.141 e. The Bertz CT molecular complexity index is 764. The molecule has 0 saturated heterocycles. The first kappa shape index (κ1) is 15.5. The molecule has 0 saturated carbocycles. The lowest BCUT2D eigenvalue weighted by atomic mass is 10.2. The maximum absolute atomic E-state index is 6.04. The van der Waals surface area contributed by atoms with Gasteiger partial charge in [0.2, 0.25) is 0 Å². The summed E-state index contributed by atoms with van der Waals surface area (Å²) in [4.78, 5) is 5.50. The van der Waals surface area contributed by atoms with E-state index in [0.717, 1.165) is 23.7 Å². The molecule has 0 aliphatic carbocycles. The molecule has 1 heterocycles. The summed E-state index contributed by atoms with van der Waals surface area (Å²) < 4.78 is 0. The number of hydrogen-bond donors (Lipinski definition) is 2. The molecule has 0 amide bonds. The van der Waals surface area contributed by atoms with Crippen molar-refractivity contribution in [2.75, 3.05) is 0 Å². The number of rotatable bonds is 6. The average Bonchev–Trinajstić information content (AvgIpc) is 3.11. The monoisotopic (exact) mass is 321 g/mol. The molecule has 1 aromatic heterocycles. The molecule has 116 valence electrons. The van der Waals surface area contributed by atoms with Crippen molar-refractivity contribution in [1.82, 2.24) is 5.32 Å². The van der Waals surface area contributed by atoms with Crippen LogP contribution in [0.15, 0.2) is 77.1 Å². The van der Waals surface area contributed by atoms with E-state index in [2.05, 4.69) is 46.7 Å². The number of benzene rings is 2. The predicted octanol–water partition coefficient (Wildman–Crippen LogP) is 4.07. The van der Waals surface area contributed by atoms with Gasteiger partial charge in [0.1, 0.15) is 5.84 Å². The van der Waals surface area contributed by atoms with Gasteiger partial charge >= 0.3 is 0 Å². The Morgan fingerprint density at radius 2 is 1.70 bits per heavy atom. The number of nitrogens with two attached hydrogens (primary N) is 1. The van der Waals surface area contributed by atoms with Crippen molar-refractivity contribution in [3.63, 3.8) is 0 Å². The second-order valence-electron chi connectivity index (χ2n) is 5.23. The van der Waals surface area contributed by atoms with Gasteiger partial charge in [-0.3, -0.25) is 0 Å². The fourth-order valence-electron chi connectivity index (χ4n) is 2.30. The first-order valence-electron chi connectivity index (χ1n) is 7.53. The van der Waals surface area contributed by atoms with Crippen LogP contribution in [-0.4, -0.2) is 5.84 Å². The number of nitrogens with one attached hydrogen (secondary N) is 1. The van der Waals surface area contributed by atoms with E-state index < -0.39 is 0 Å². The SMILES string of the molecule is NC(=Nc1cccc(CNCc2ccccc2)c1)c1cccs1. The third-order valence-corrected chi connectivity index (χ3v) is 4.33. The molecule has 3 N–H and O–H groups in total. The summed E-state index contributed by atoms with van der Waals surface area (Å²) in [6, 6.07) is 22.5. The summed E-state index contributed by atoms with van der Waals surface area (Å²) in [5, 5.41) is 5.45. The van der Waals surface area contributed by atoms with Crippen molar-refractivity contribution in [3.8, 4) is 0 Å². The van der Waals surface area contributed by atoms with Gasteiger partial charge < -0.3 is 11.1 Å². The van der Waals surface area contributed by atoms with Gasteiger partial charge in [-0.25, -0.2) is 4.99 Å². The highest BCUT2D eigenvalue weighted by molar-refractivity contribution is 7.12. The van der Waals surface area contributed by atoms with Gasteiger partial charge in [-0.05, 0) is 34.7 Å². The largest absolute Gasteiger partial charge is 0.383 e. The van der Waals surface area contributed by atoms with E-state index in [-0.39, 0.29) is 0 Å². The van der Waals surface area contributed by atoms with Gasteiger partial charge in [0.05, 0.1) is 10.6 Å². The fourth-order valence-corrected chi connectivity index (χ4v) is 2.93. The lowest BCUT2D eigenvalue weighted by Gasteiger charge is -2.06. The second-order valence-corrected chi connectivity index (χ2v) is 6.18. The Hall–Kier alpha value is -2.43. The van der Waals surface area contributed by atoms with Gasteiger partial charge in [-0.2, -0.15) is 0 Å². The van der Waals surface area contributed by atoms with Crippen LogP contribution in [0.25, 0.3) is 0 Å². The summed E-state index contributed by atoms with van der Waals surface area (Å²) in [6.45, 7) is 1.66. The Morgan fingerprint density at radius 3 is 2.48 bits per heavy atom. The van der Waals surface area contributed by atoms with E-state index >= 15 is 0 Å². The number of hydrogen-bond acceptors (Lipinski definition) is 3. The van der Waals surface area contributed by atoms with Crippen molar-refractivity contribution in [1.29, 1.82) is 0 Å². The summed E-state index contributed by atoms with van der Waals surface area (Å²) >= 11 is 1.60. The van der Waals surface area contributed by atoms with Gasteiger partial charge in [0, 0.05) is 13.1 Å². The highest BCUT2D eigenvalue weighted by atomic mass is 32.1. The number of nitrogens with zero attached hydrogens (tertiary/aromatic N) is 1. The molecular formula is C19H19N3S. The molecule has 0 aliphatic heterocycles. The third-order valence-electron chi connectivity index (χ3n) is 3.43. The lowest BCUT2D eigenvalue weighted by Crippen LogP contribution is -2.12. The van der Waals surface area contributed by atoms with Crippen molar-refractivity contribution in [3.05, 3.63) is 88.1 Å². The Morgan fingerprint density at radius 1 is 0.913 bits per heavy atom. The minimum atomic E-state index is 0.564. The van der Waals surface area contributed by atoms with Crippen LogP contribution in [0.1, 0.15) is 16.0 Å². The zero-order valence-corrected chi connectivity index (χ0v) is 13.6. The molecule has 0 bridgehead atoms. The zero-order chi connectivity index (χ0) is 15.9. The minimum absolute atomic E-state index is 0.564. The molecule has 23 heavy (non-hydrogen) atoms. The Kier molecular flexibility index (Phi) is 5.19. The molecule has 0 unspecified atom stereocenters. The van der Waals surface area contributed by atoms with Crippen LogP contribution in [0.4, 0.5) is 5.69 Å². The highest BCUT2D eigenvalue weighted by Gasteiger charge is 2.00. The van der Waals surface area contributed by atoms with Gasteiger partial charge in [0.25, 0.3) is 0 Å². The Balaban J connectivity index is 1.62. The maximum atomic E-state index is 6.04. The smallest absolute Gasteiger partial charge is 0.141 e. The fraction of sp³-hybridized carbons (Fsp3) is 0.105. The zero-order valence-electron chi connectivity index (χ0n) is 12.8. The van der Waals surface area contributed by atoms with Crippen LogP contribution in [-0.2, 0) is 13.1 Å². The van der Waals surface area contributed by atoms with Crippen molar-refractivity contribution in [2.24, 2.45) is 10.7 Å². The number of amidine groups is 1. The first-order chi connectivity index (χ1) is 11.3. The van der Waals surface area contributed by atoms with Crippen LogP contribution in [0.2, 0.25) is 0 Å². The van der Waals surface area contributed by atoms with Crippen LogP contribution >= 0.6 is 11.3 Å². The molecule has 4 heteroatoms. The van der Waals surface area contributed by atoms with E-state index in [0.29, 0.717) is 5.84 Å². The molecule has 0 radical (unpaired) electrons. The molecule has 0 spiro atoms. The normalized spacial score (nSPS) is 11.6. The van der Waals surface area contributed by atoms with Crippen LogP contribution in [0.3, 0.4) is 0 Å². The van der Waals surface area contributed by atoms with E-state index in [1.807, 2.05) is 35.7 Å². The van der Waals surface area contributed by atoms with E-state index in [1.165, 1.54) is 11.1 Å². The number of thiophene rings is 1. The second kappa shape index (κ2) is 7.72. The van der Waals surface area contributed by atoms with Crippen LogP contribution < -0.4 is 11.1 Å². The van der Waals surface area contributed by atoms with Crippen molar-refractivity contribution < 1.29 is 0 Å². The van der Waals surface area contributed by atoms with E-state index in [9.17, 15) is 0 Å². The lowest BCUT2D eigenvalue weighted by molar-refractivity contribution is 0.693. The summed E-state index contributed by atoms with van der Waals surface area (Å²) in [5.74, 6) is 0.564. The third kappa shape index (κ3) is 4.52. The minimum Gasteiger partial charge on any atom is -0.383 e. The molecular weight excluding hydrogens is 302 g/mol. The van der Waals surface area contributed by atoms with Crippen molar-refractivity contribution in [2.45, 2.75) is 13.1 Å². The standard InChI is InChI=1S/C19H19N3S/c20-19(18-10-5-11-23-18)22-17-9-4-8-16(12-17)14-21-13-15-6-2-1-3-7-15/h1-12,21H,13-14H2,(H2,20,22). The first-order valence-corrected chi connectivity index (χ1v) is 8.41. The van der Waals surface area contributed by atoms with Gasteiger partial charge in [0.15, 0.2) is 0 Å². The summed E-state index contributed by atoms with van der Waals surface area (Å²) in [5.41, 5.74) is 9.40. The molecule has 3 rings (SSSR count). The predicted molar refractivity (Wildman–Crippen MR) is 98.1 cm³/mol. The quantitative estimate of drug-likeness (QED) is 0.531. The van der Waals surface area contributed by atoms with Crippen LogP contribution in [0, 0.1) is 0 Å². The summed E-state index contributed by atoms with van der Waals surface area (Å²) in [6.07, 6.45) is 0. The molecule has 0 aliphatic rings. The highest BCUT2D eigenvalue weighted by Crippen LogP contribution is 2.17. The molecule has 0 atom stereocenters. The van der Waals surface area contributed by atoms with Crippen molar-refractivity contribution >= 4 is 22.9 Å². The average molecular weight is 321 g/mol.